The van der Waals surface area contributed by atoms with Crippen molar-refractivity contribution in [3.63, 3.8) is 0 Å². The largest absolute Gasteiger partial charge is 0.317 e. The van der Waals surface area contributed by atoms with E-state index in [2.05, 4.69) is 17.0 Å². The summed E-state index contributed by atoms with van der Waals surface area (Å²) >= 11 is 0. The van der Waals surface area contributed by atoms with E-state index in [1.54, 1.807) is 0 Å². The molecule has 1 unspecified atom stereocenters. The van der Waals surface area contributed by atoms with Gasteiger partial charge in [0.05, 0.1) is 5.75 Å². The molecule has 0 aromatic carbocycles. The molecule has 1 rings (SSSR count). The van der Waals surface area contributed by atoms with Gasteiger partial charge in [0.2, 0.25) is 10.0 Å². The molecule has 0 radical (unpaired) electrons. The molecule has 0 aliphatic heterocycles. The van der Waals surface area contributed by atoms with Crippen LogP contribution in [0, 0.1) is 5.92 Å². The Balaban J connectivity index is 2.24. The zero-order valence-corrected chi connectivity index (χ0v) is 13.3. The van der Waals surface area contributed by atoms with Crippen LogP contribution in [0.4, 0.5) is 0 Å². The van der Waals surface area contributed by atoms with E-state index in [-0.39, 0.29) is 11.8 Å². The van der Waals surface area contributed by atoms with Crippen molar-refractivity contribution in [3.8, 4) is 0 Å². The third kappa shape index (κ3) is 7.28. The molecule has 0 aromatic heterocycles. The highest BCUT2D eigenvalue weighted by Crippen LogP contribution is 2.26. The van der Waals surface area contributed by atoms with E-state index in [0.29, 0.717) is 5.92 Å². The van der Waals surface area contributed by atoms with Crippen LogP contribution in [0.2, 0.25) is 0 Å². The minimum absolute atomic E-state index is 0.0964. The fraction of sp³-hybridized carbons (Fsp3) is 1.00. The molecular weight excluding hydrogens is 260 g/mol. The smallest absolute Gasteiger partial charge is 0.211 e. The van der Waals surface area contributed by atoms with E-state index in [0.717, 1.165) is 25.9 Å². The van der Waals surface area contributed by atoms with Gasteiger partial charge in [0.1, 0.15) is 0 Å². The van der Waals surface area contributed by atoms with Crippen molar-refractivity contribution in [2.24, 2.45) is 5.92 Å². The van der Waals surface area contributed by atoms with Gasteiger partial charge in [0, 0.05) is 6.04 Å². The van der Waals surface area contributed by atoms with E-state index in [1.165, 1.54) is 32.1 Å². The third-order valence-corrected chi connectivity index (χ3v) is 5.55. The molecule has 4 nitrogen and oxygen atoms in total. The minimum atomic E-state index is -3.10. The summed E-state index contributed by atoms with van der Waals surface area (Å²) in [6, 6.07) is 0.0964. The number of hydrogen-bond acceptors (Lipinski definition) is 3. The molecule has 0 bridgehead atoms. The van der Waals surface area contributed by atoms with Crippen molar-refractivity contribution in [2.45, 2.75) is 64.8 Å². The summed E-state index contributed by atoms with van der Waals surface area (Å²) in [5.74, 6) is 0.792. The second kappa shape index (κ2) is 8.93. The minimum Gasteiger partial charge on any atom is -0.317 e. The van der Waals surface area contributed by atoms with Crippen LogP contribution in [0.15, 0.2) is 0 Å². The SMILES string of the molecule is CCNCCCCS(=O)(=O)NC(C)C1CCCCC1. The third-order valence-electron chi connectivity index (χ3n) is 3.99. The van der Waals surface area contributed by atoms with Gasteiger partial charge in [-0.05, 0) is 51.6 Å². The van der Waals surface area contributed by atoms with Gasteiger partial charge in [0.25, 0.3) is 0 Å². The van der Waals surface area contributed by atoms with Crippen molar-refractivity contribution < 1.29 is 8.42 Å². The number of nitrogens with one attached hydrogen (secondary N) is 2. The van der Waals surface area contributed by atoms with Crippen molar-refractivity contribution in [1.82, 2.24) is 10.0 Å². The first kappa shape index (κ1) is 16.9. The summed E-state index contributed by atoms with van der Waals surface area (Å²) in [5.41, 5.74) is 0. The van der Waals surface area contributed by atoms with Crippen molar-refractivity contribution >= 4 is 10.0 Å². The van der Waals surface area contributed by atoms with Crippen molar-refractivity contribution in [2.75, 3.05) is 18.8 Å². The summed E-state index contributed by atoms with van der Waals surface area (Å²) in [6.07, 6.45) is 7.81. The average Bonchev–Trinajstić information content (AvgIpc) is 2.39. The predicted molar refractivity (Wildman–Crippen MR) is 80.7 cm³/mol. The highest BCUT2D eigenvalue weighted by Gasteiger charge is 2.23. The Labute approximate surface area is 118 Å². The van der Waals surface area contributed by atoms with Crippen molar-refractivity contribution in [1.29, 1.82) is 0 Å². The van der Waals surface area contributed by atoms with E-state index in [1.807, 2.05) is 6.92 Å². The molecule has 0 heterocycles. The maximum Gasteiger partial charge on any atom is 0.211 e. The fourth-order valence-corrected chi connectivity index (χ4v) is 4.25. The lowest BCUT2D eigenvalue weighted by atomic mass is 9.85. The molecule has 1 fully saturated rings. The first-order valence-electron chi connectivity index (χ1n) is 7.76. The van der Waals surface area contributed by atoms with Crippen LogP contribution in [0.3, 0.4) is 0 Å². The number of sulfonamides is 1. The van der Waals surface area contributed by atoms with E-state index in [4.69, 9.17) is 0 Å². The van der Waals surface area contributed by atoms with Crippen LogP contribution in [-0.2, 0) is 10.0 Å². The van der Waals surface area contributed by atoms with Crippen LogP contribution in [0.5, 0.6) is 0 Å². The summed E-state index contributed by atoms with van der Waals surface area (Å²) in [6.45, 7) is 5.93. The second-order valence-electron chi connectivity index (χ2n) is 5.68. The Morgan fingerprint density at radius 3 is 2.47 bits per heavy atom. The molecule has 1 saturated carbocycles. The maximum absolute atomic E-state index is 12.0. The van der Waals surface area contributed by atoms with Gasteiger partial charge < -0.3 is 5.32 Å². The van der Waals surface area contributed by atoms with Gasteiger partial charge in [-0.2, -0.15) is 0 Å². The molecule has 0 spiro atoms. The van der Waals surface area contributed by atoms with Gasteiger partial charge in [-0.3, -0.25) is 0 Å². The first-order valence-corrected chi connectivity index (χ1v) is 9.41. The lowest BCUT2D eigenvalue weighted by molar-refractivity contribution is 0.303. The molecule has 1 aliphatic rings. The first-order chi connectivity index (χ1) is 9.05. The zero-order valence-electron chi connectivity index (χ0n) is 12.5. The van der Waals surface area contributed by atoms with Gasteiger partial charge in [0.15, 0.2) is 0 Å². The molecule has 19 heavy (non-hydrogen) atoms. The molecule has 1 atom stereocenters. The monoisotopic (exact) mass is 290 g/mol. The molecule has 1 aliphatic carbocycles. The van der Waals surface area contributed by atoms with Crippen LogP contribution < -0.4 is 10.0 Å². The molecule has 0 amide bonds. The van der Waals surface area contributed by atoms with Crippen LogP contribution in [0.25, 0.3) is 0 Å². The topological polar surface area (TPSA) is 58.2 Å². The summed E-state index contributed by atoms with van der Waals surface area (Å²) in [7, 11) is -3.10. The standard InChI is InChI=1S/C14H30N2O2S/c1-3-15-11-7-8-12-19(17,18)16-13(2)14-9-5-4-6-10-14/h13-16H,3-12H2,1-2H3. The maximum atomic E-state index is 12.0. The average molecular weight is 290 g/mol. The lowest BCUT2D eigenvalue weighted by Gasteiger charge is -2.28. The van der Waals surface area contributed by atoms with Gasteiger partial charge >= 0.3 is 0 Å². The quantitative estimate of drug-likeness (QED) is 0.640. The van der Waals surface area contributed by atoms with E-state index >= 15 is 0 Å². The molecule has 0 saturated heterocycles. The summed E-state index contributed by atoms with van der Waals surface area (Å²) in [4.78, 5) is 0. The van der Waals surface area contributed by atoms with Crippen LogP contribution >= 0.6 is 0 Å². The second-order valence-corrected chi connectivity index (χ2v) is 7.56. The molecule has 2 N–H and O–H groups in total. The number of rotatable bonds is 9. The Morgan fingerprint density at radius 2 is 1.84 bits per heavy atom. The van der Waals surface area contributed by atoms with Crippen LogP contribution in [-0.4, -0.2) is 33.3 Å². The fourth-order valence-electron chi connectivity index (χ4n) is 2.79. The number of hydrogen-bond donors (Lipinski definition) is 2. The normalized spacial score (nSPS) is 19.5. The number of unbranched alkanes of at least 4 members (excludes halogenated alkanes) is 1. The Kier molecular flexibility index (Phi) is 7.95. The van der Waals surface area contributed by atoms with Crippen molar-refractivity contribution in [3.05, 3.63) is 0 Å². The van der Waals surface area contributed by atoms with Gasteiger partial charge in [-0.15, -0.1) is 0 Å². The Bertz CT molecular complexity index is 324. The zero-order chi connectivity index (χ0) is 14.1. The molecule has 5 heteroatoms. The Hall–Kier alpha value is -0.130. The van der Waals surface area contributed by atoms with E-state index in [9.17, 15) is 8.42 Å². The van der Waals surface area contributed by atoms with Gasteiger partial charge in [-0.1, -0.05) is 26.2 Å². The highest BCUT2D eigenvalue weighted by atomic mass is 32.2. The van der Waals surface area contributed by atoms with Gasteiger partial charge in [-0.25, -0.2) is 13.1 Å². The Morgan fingerprint density at radius 1 is 1.16 bits per heavy atom. The van der Waals surface area contributed by atoms with E-state index < -0.39 is 10.0 Å². The lowest BCUT2D eigenvalue weighted by Crippen LogP contribution is -2.40. The molecule has 0 aromatic rings. The molecule has 114 valence electrons. The predicted octanol–water partition coefficient (Wildman–Crippen LogP) is 2.26. The molecular formula is C14H30N2O2S. The van der Waals surface area contributed by atoms with Crippen LogP contribution in [0.1, 0.15) is 58.8 Å². The summed E-state index contributed by atoms with van der Waals surface area (Å²) < 4.78 is 26.8. The highest BCUT2D eigenvalue weighted by molar-refractivity contribution is 7.89. The summed E-state index contributed by atoms with van der Waals surface area (Å²) in [5, 5.41) is 3.21.